The molecule has 2 N–H and O–H groups in total. The molecule has 3 aromatic rings. The molecule has 2 aromatic carbocycles. The number of hydrogen-bond donors (Lipinski definition) is 2. The monoisotopic (exact) mass is 337 g/mol. The molecule has 0 aliphatic heterocycles. The third kappa shape index (κ3) is 3.36. The number of carbonyl (C=O) groups is 1. The van der Waals surface area contributed by atoms with Gasteiger partial charge in [-0.05, 0) is 50.6 Å². The molecule has 0 radical (unpaired) electrons. The van der Waals surface area contributed by atoms with Crippen LogP contribution in [-0.2, 0) is 10.2 Å². The highest BCUT2D eigenvalue weighted by atomic mass is 16.5. The van der Waals surface area contributed by atoms with Crippen molar-refractivity contribution >= 4 is 16.9 Å². The molecule has 5 nitrogen and oxygen atoms in total. The van der Waals surface area contributed by atoms with Gasteiger partial charge in [-0.3, -0.25) is 4.79 Å². The zero-order chi connectivity index (χ0) is 18.0. The van der Waals surface area contributed by atoms with Crippen molar-refractivity contribution in [3.8, 4) is 5.75 Å². The number of benzene rings is 2. The molecule has 130 valence electrons. The zero-order valence-corrected chi connectivity index (χ0v) is 15.0. The second kappa shape index (κ2) is 6.59. The second-order valence-corrected chi connectivity index (χ2v) is 6.69. The summed E-state index contributed by atoms with van der Waals surface area (Å²) in [5, 5.41) is 3.06. The standard InChI is InChI=1S/C20H23N3O2/c1-13(18-22-16-7-5-6-8-17(16)23-18)21-19(24)20(2,3)14-9-11-15(25-4)12-10-14/h5-13H,1-4H3,(H,21,24)(H,22,23). The Balaban J connectivity index is 1.77. The van der Waals surface area contributed by atoms with Gasteiger partial charge in [0.25, 0.3) is 0 Å². The highest BCUT2D eigenvalue weighted by Crippen LogP contribution is 2.26. The number of imidazole rings is 1. The van der Waals surface area contributed by atoms with E-state index in [9.17, 15) is 4.79 Å². The van der Waals surface area contributed by atoms with Gasteiger partial charge in [-0.1, -0.05) is 24.3 Å². The van der Waals surface area contributed by atoms with Gasteiger partial charge in [-0.2, -0.15) is 0 Å². The normalized spacial score (nSPS) is 12.8. The van der Waals surface area contributed by atoms with Gasteiger partial charge in [0.15, 0.2) is 0 Å². The highest BCUT2D eigenvalue weighted by Gasteiger charge is 2.31. The van der Waals surface area contributed by atoms with Crippen LogP contribution in [-0.4, -0.2) is 23.0 Å². The van der Waals surface area contributed by atoms with Gasteiger partial charge in [0.1, 0.15) is 11.6 Å². The summed E-state index contributed by atoms with van der Waals surface area (Å²) in [5.74, 6) is 1.47. The van der Waals surface area contributed by atoms with Gasteiger partial charge in [0, 0.05) is 0 Å². The largest absolute Gasteiger partial charge is 0.497 e. The second-order valence-electron chi connectivity index (χ2n) is 6.69. The number of nitrogens with one attached hydrogen (secondary N) is 2. The molecule has 0 aliphatic carbocycles. The lowest BCUT2D eigenvalue weighted by molar-refractivity contribution is -0.126. The van der Waals surface area contributed by atoms with Crippen LogP contribution in [0.2, 0.25) is 0 Å². The number of aromatic nitrogens is 2. The Hall–Kier alpha value is -2.82. The van der Waals surface area contributed by atoms with Crippen LogP contribution in [0.15, 0.2) is 48.5 Å². The first kappa shape index (κ1) is 17.0. The molecule has 1 atom stereocenters. The number of hydrogen-bond acceptors (Lipinski definition) is 3. The number of para-hydroxylation sites is 2. The zero-order valence-electron chi connectivity index (χ0n) is 15.0. The quantitative estimate of drug-likeness (QED) is 0.745. The minimum absolute atomic E-state index is 0.0503. The van der Waals surface area contributed by atoms with Gasteiger partial charge in [0.2, 0.25) is 5.91 Å². The summed E-state index contributed by atoms with van der Waals surface area (Å²) in [6.45, 7) is 5.75. The van der Waals surface area contributed by atoms with Gasteiger partial charge in [-0.15, -0.1) is 0 Å². The predicted molar refractivity (Wildman–Crippen MR) is 98.7 cm³/mol. The van der Waals surface area contributed by atoms with E-state index in [0.717, 1.165) is 28.2 Å². The number of H-pyrrole nitrogens is 1. The van der Waals surface area contributed by atoms with Crippen LogP contribution < -0.4 is 10.1 Å². The first-order valence-electron chi connectivity index (χ1n) is 8.32. The highest BCUT2D eigenvalue weighted by molar-refractivity contribution is 5.87. The average Bonchev–Trinajstić information content (AvgIpc) is 3.06. The Labute approximate surface area is 147 Å². The van der Waals surface area contributed by atoms with Crippen LogP contribution in [0.5, 0.6) is 5.75 Å². The van der Waals surface area contributed by atoms with Crippen molar-refractivity contribution in [2.75, 3.05) is 7.11 Å². The lowest BCUT2D eigenvalue weighted by Crippen LogP contribution is -2.41. The minimum atomic E-state index is -0.660. The maximum Gasteiger partial charge on any atom is 0.230 e. The van der Waals surface area contributed by atoms with E-state index in [-0.39, 0.29) is 11.9 Å². The first-order chi connectivity index (χ1) is 11.9. The van der Waals surface area contributed by atoms with Crippen LogP contribution in [0, 0.1) is 0 Å². The SMILES string of the molecule is COc1ccc(C(C)(C)C(=O)NC(C)c2nc3ccccc3[nH]2)cc1. The minimum Gasteiger partial charge on any atom is -0.497 e. The average molecular weight is 337 g/mol. The molecule has 25 heavy (non-hydrogen) atoms. The first-order valence-corrected chi connectivity index (χ1v) is 8.32. The smallest absolute Gasteiger partial charge is 0.230 e. The summed E-state index contributed by atoms with van der Waals surface area (Å²) in [4.78, 5) is 20.7. The van der Waals surface area contributed by atoms with Gasteiger partial charge < -0.3 is 15.0 Å². The topological polar surface area (TPSA) is 67.0 Å². The van der Waals surface area contributed by atoms with Crippen LogP contribution in [0.4, 0.5) is 0 Å². The summed E-state index contributed by atoms with van der Waals surface area (Å²) < 4.78 is 5.18. The molecule has 1 aromatic heterocycles. The van der Waals surface area contributed by atoms with E-state index in [1.807, 2.05) is 69.3 Å². The van der Waals surface area contributed by atoms with Crippen molar-refractivity contribution in [3.05, 3.63) is 59.9 Å². The molecule has 0 saturated heterocycles. The van der Waals surface area contributed by atoms with Gasteiger partial charge in [-0.25, -0.2) is 4.98 Å². The van der Waals surface area contributed by atoms with Gasteiger partial charge >= 0.3 is 0 Å². The van der Waals surface area contributed by atoms with Crippen molar-refractivity contribution in [2.24, 2.45) is 0 Å². The number of amides is 1. The third-order valence-electron chi connectivity index (χ3n) is 4.54. The molecule has 0 aliphatic rings. The fraction of sp³-hybridized carbons (Fsp3) is 0.300. The summed E-state index contributed by atoms with van der Waals surface area (Å²) in [7, 11) is 1.63. The van der Waals surface area contributed by atoms with E-state index in [1.54, 1.807) is 7.11 Å². The fourth-order valence-corrected chi connectivity index (χ4v) is 2.76. The number of aromatic amines is 1. The lowest BCUT2D eigenvalue weighted by Gasteiger charge is -2.26. The van der Waals surface area contributed by atoms with Gasteiger partial charge in [0.05, 0.1) is 29.6 Å². The van der Waals surface area contributed by atoms with E-state index in [4.69, 9.17) is 4.74 Å². The fourth-order valence-electron chi connectivity index (χ4n) is 2.76. The molecule has 5 heteroatoms. The van der Waals surface area contributed by atoms with Crippen molar-refractivity contribution in [2.45, 2.75) is 32.2 Å². The van der Waals surface area contributed by atoms with Crippen LogP contribution in [0.1, 0.15) is 38.2 Å². The molecule has 3 rings (SSSR count). The summed E-state index contributed by atoms with van der Waals surface area (Å²) in [5.41, 5.74) is 2.13. The Kier molecular flexibility index (Phi) is 4.49. The van der Waals surface area contributed by atoms with Crippen LogP contribution in [0.25, 0.3) is 11.0 Å². The predicted octanol–water partition coefficient (Wildman–Crippen LogP) is 3.73. The Morgan fingerprint density at radius 1 is 1.16 bits per heavy atom. The van der Waals surface area contributed by atoms with E-state index >= 15 is 0 Å². The number of rotatable bonds is 5. The maximum absolute atomic E-state index is 12.8. The van der Waals surface area contributed by atoms with E-state index < -0.39 is 5.41 Å². The van der Waals surface area contributed by atoms with Crippen LogP contribution in [0.3, 0.4) is 0 Å². The molecular formula is C20H23N3O2. The molecule has 0 spiro atoms. The van der Waals surface area contributed by atoms with E-state index in [0.29, 0.717) is 0 Å². The molecular weight excluding hydrogens is 314 g/mol. The summed E-state index contributed by atoms with van der Waals surface area (Å²) >= 11 is 0. The van der Waals surface area contributed by atoms with Crippen LogP contribution >= 0.6 is 0 Å². The van der Waals surface area contributed by atoms with Crippen molar-refractivity contribution < 1.29 is 9.53 Å². The number of carbonyl (C=O) groups excluding carboxylic acids is 1. The molecule has 0 bridgehead atoms. The van der Waals surface area contributed by atoms with E-state index in [1.165, 1.54) is 0 Å². The Morgan fingerprint density at radius 2 is 1.84 bits per heavy atom. The Morgan fingerprint density at radius 3 is 2.48 bits per heavy atom. The summed E-state index contributed by atoms with van der Waals surface area (Å²) in [6.07, 6.45) is 0. The molecule has 1 heterocycles. The number of fused-ring (bicyclic) bond motifs is 1. The maximum atomic E-state index is 12.8. The molecule has 1 unspecified atom stereocenters. The number of ether oxygens (including phenoxy) is 1. The van der Waals surface area contributed by atoms with Crippen molar-refractivity contribution in [1.29, 1.82) is 0 Å². The van der Waals surface area contributed by atoms with Crippen molar-refractivity contribution in [1.82, 2.24) is 15.3 Å². The number of methoxy groups -OCH3 is 1. The Bertz CT molecular complexity index is 848. The van der Waals surface area contributed by atoms with E-state index in [2.05, 4.69) is 15.3 Å². The molecule has 0 fully saturated rings. The molecule has 0 saturated carbocycles. The lowest BCUT2D eigenvalue weighted by atomic mass is 9.83. The molecule has 1 amide bonds. The van der Waals surface area contributed by atoms with Crippen molar-refractivity contribution in [3.63, 3.8) is 0 Å². The third-order valence-corrected chi connectivity index (χ3v) is 4.54. The number of nitrogens with zero attached hydrogens (tertiary/aromatic N) is 1. The summed E-state index contributed by atoms with van der Waals surface area (Å²) in [6, 6.07) is 15.2.